The molecule has 4 aromatic rings. The molecule has 2 aliphatic rings. The van der Waals surface area contributed by atoms with E-state index in [1.165, 1.54) is 0 Å². The molecule has 0 unspecified atom stereocenters. The smallest absolute Gasteiger partial charge is 0.277 e. The molecular weight excluding hydrogens is 520 g/mol. The number of rotatable bonds is 7. The van der Waals surface area contributed by atoms with Crippen molar-refractivity contribution in [1.29, 1.82) is 0 Å². The SMILES string of the molecule is C#Cc1cccc(N=C2C(=O)N(CCCCN3C(=O)C(=Nc4cccc(C#C)c4)c4ccccc43)c3ccccc32)c1. The first kappa shape index (κ1) is 26.5. The Hall–Kier alpha value is -5.72. The van der Waals surface area contributed by atoms with Gasteiger partial charge >= 0.3 is 0 Å². The van der Waals surface area contributed by atoms with Crippen LogP contribution in [0.1, 0.15) is 35.1 Å². The molecule has 0 N–H and O–H groups in total. The van der Waals surface area contributed by atoms with E-state index in [-0.39, 0.29) is 11.8 Å². The molecule has 0 fully saturated rings. The summed E-state index contributed by atoms with van der Waals surface area (Å²) in [4.78, 5) is 39.9. The van der Waals surface area contributed by atoms with E-state index < -0.39 is 0 Å². The standard InChI is InChI=1S/C36H26N4O2/c1-3-25-13-11-15-27(23-25)37-33-29-17-5-7-19-31(29)39(35(33)41)21-9-10-22-40-32-20-8-6-18-30(32)34(36(40)42)38-28-16-12-14-26(4-2)24-28/h1-2,5-8,11-20,23-24H,9-10,21-22H2. The first-order valence-electron chi connectivity index (χ1n) is 13.7. The maximum atomic E-state index is 13.5. The highest BCUT2D eigenvalue weighted by Gasteiger charge is 2.35. The van der Waals surface area contributed by atoms with Gasteiger partial charge in [0.1, 0.15) is 11.4 Å². The van der Waals surface area contributed by atoms with Gasteiger partial charge in [0.05, 0.1) is 22.7 Å². The van der Waals surface area contributed by atoms with Gasteiger partial charge in [-0.2, -0.15) is 0 Å². The highest BCUT2D eigenvalue weighted by molar-refractivity contribution is 6.55. The van der Waals surface area contributed by atoms with E-state index in [1.54, 1.807) is 21.9 Å². The van der Waals surface area contributed by atoms with Crippen molar-refractivity contribution in [3.8, 4) is 24.7 Å². The quantitative estimate of drug-likeness (QED) is 0.209. The summed E-state index contributed by atoms with van der Waals surface area (Å²) in [6, 6.07) is 29.9. The molecule has 0 spiro atoms. The lowest BCUT2D eigenvalue weighted by Crippen LogP contribution is -2.33. The zero-order valence-electron chi connectivity index (χ0n) is 22.8. The van der Waals surface area contributed by atoms with Crippen LogP contribution >= 0.6 is 0 Å². The largest absolute Gasteiger partial charge is 0.306 e. The van der Waals surface area contributed by atoms with E-state index >= 15 is 0 Å². The van der Waals surface area contributed by atoms with Crippen molar-refractivity contribution in [2.24, 2.45) is 9.98 Å². The molecule has 0 saturated carbocycles. The molecule has 0 aromatic heterocycles. The second-order valence-electron chi connectivity index (χ2n) is 9.97. The van der Waals surface area contributed by atoms with Gasteiger partial charge in [0.25, 0.3) is 11.8 Å². The van der Waals surface area contributed by atoms with E-state index in [1.807, 2.05) is 84.9 Å². The molecule has 2 aliphatic heterocycles. The van der Waals surface area contributed by atoms with Crippen LogP contribution in [0.25, 0.3) is 0 Å². The van der Waals surface area contributed by atoms with Crippen molar-refractivity contribution in [2.75, 3.05) is 22.9 Å². The van der Waals surface area contributed by atoms with E-state index in [2.05, 4.69) is 21.8 Å². The van der Waals surface area contributed by atoms with Gasteiger partial charge in [0.2, 0.25) is 0 Å². The zero-order chi connectivity index (χ0) is 29.1. The molecular formula is C36H26N4O2. The highest BCUT2D eigenvalue weighted by atomic mass is 16.2. The Balaban J connectivity index is 1.17. The summed E-state index contributed by atoms with van der Waals surface area (Å²) in [7, 11) is 0. The van der Waals surface area contributed by atoms with Crippen molar-refractivity contribution < 1.29 is 9.59 Å². The van der Waals surface area contributed by atoms with Crippen molar-refractivity contribution in [1.82, 2.24) is 0 Å². The van der Waals surface area contributed by atoms with Crippen LogP contribution in [0.5, 0.6) is 0 Å². The molecule has 6 nitrogen and oxygen atoms in total. The molecule has 4 aromatic carbocycles. The third kappa shape index (κ3) is 4.98. The van der Waals surface area contributed by atoms with Gasteiger partial charge in [-0.15, -0.1) is 12.8 Å². The molecule has 42 heavy (non-hydrogen) atoms. The maximum absolute atomic E-state index is 13.5. The number of carbonyl (C=O) groups excluding carboxylic acids is 2. The first-order chi connectivity index (χ1) is 20.6. The van der Waals surface area contributed by atoms with E-state index in [0.717, 1.165) is 22.5 Å². The Labute approximate surface area is 245 Å². The fourth-order valence-electron chi connectivity index (χ4n) is 5.31. The Morgan fingerprint density at radius 2 is 1.00 bits per heavy atom. The average molecular weight is 547 g/mol. The van der Waals surface area contributed by atoms with Crippen LogP contribution in [0.4, 0.5) is 22.7 Å². The van der Waals surface area contributed by atoms with E-state index in [4.69, 9.17) is 12.8 Å². The second kappa shape index (κ2) is 11.4. The van der Waals surface area contributed by atoms with Crippen molar-refractivity contribution >= 4 is 46.0 Å². The number of aliphatic imine (C=N–C) groups is 2. The van der Waals surface area contributed by atoms with Gasteiger partial charge in [-0.05, 0) is 61.4 Å². The number of fused-ring (bicyclic) bond motifs is 2. The lowest BCUT2D eigenvalue weighted by atomic mass is 10.1. The topological polar surface area (TPSA) is 65.3 Å². The van der Waals surface area contributed by atoms with Crippen LogP contribution in [-0.2, 0) is 9.59 Å². The average Bonchev–Trinajstić information content (AvgIpc) is 3.45. The Bertz CT molecular complexity index is 1730. The Morgan fingerprint density at radius 1 is 0.571 bits per heavy atom. The summed E-state index contributed by atoms with van der Waals surface area (Å²) in [6.07, 6.45) is 12.5. The van der Waals surface area contributed by atoms with Crippen LogP contribution in [0, 0.1) is 24.7 Å². The molecule has 0 atom stereocenters. The number of benzene rings is 4. The molecule has 6 heteroatoms. The van der Waals surface area contributed by atoms with Crippen LogP contribution in [0.3, 0.4) is 0 Å². The van der Waals surface area contributed by atoms with Crippen molar-refractivity contribution in [3.63, 3.8) is 0 Å². The number of amides is 2. The molecule has 0 aliphatic carbocycles. The van der Waals surface area contributed by atoms with Crippen molar-refractivity contribution in [3.05, 3.63) is 119 Å². The lowest BCUT2D eigenvalue weighted by Gasteiger charge is -2.19. The third-order valence-electron chi connectivity index (χ3n) is 7.32. The predicted octanol–water partition coefficient (Wildman–Crippen LogP) is 6.06. The number of carbonyl (C=O) groups is 2. The van der Waals surface area contributed by atoms with Crippen LogP contribution in [0.2, 0.25) is 0 Å². The van der Waals surface area contributed by atoms with E-state index in [9.17, 15) is 9.59 Å². The summed E-state index contributed by atoms with van der Waals surface area (Å²) in [5.41, 5.74) is 6.76. The third-order valence-corrected chi connectivity index (χ3v) is 7.32. The molecule has 0 radical (unpaired) electrons. The fourth-order valence-corrected chi connectivity index (χ4v) is 5.31. The summed E-state index contributed by atoms with van der Waals surface area (Å²) in [5.74, 6) is 4.93. The molecule has 0 saturated heterocycles. The molecule has 2 heterocycles. The number of nitrogens with zero attached hydrogens (tertiary/aromatic N) is 4. The number of terminal acetylenes is 2. The predicted molar refractivity (Wildman–Crippen MR) is 168 cm³/mol. The number of hydrogen-bond donors (Lipinski definition) is 0. The highest BCUT2D eigenvalue weighted by Crippen LogP contribution is 2.33. The number of para-hydroxylation sites is 2. The Kier molecular flexibility index (Phi) is 7.20. The summed E-state index contributed by atoms with van der Waals surface area (Å²) < 4.78 is 0. The van der Waals surface area contributed by atoms with Crippen LogP contribution in [-0.4, -0.2) is 36.3 Å². The summed E-state index contributed by atoms with van der Waals surface area (Å²) in [6.45, 7) is 1.01. The minimum Gasteiger partial charge on any atom is -0.306 e. The molecule has 6 rings (SSSR count). The second-order valence-corrected chi connectivity index (χ2v) is 9.97. The minimum absolute atomic E-state index is 0.145. The van der Waals surface area contributed by atoms with Gasteiger partial charge in [0.15, 0.2) is 0 Å². The minimum atomic E-state index is -0.145. The molecule has 2 amide bonds. The lowest BCUT2D eigenvalue weighted by molar-refractivity contribution is -0.113. The first-order valence-corrected chi connectivity index (χ1v) is 13.7. The maximum Gasteiger partial charge on any atom is 0.277 e. The van der Waals surface area contributed by atoms with Gasteiger partial charge in [0, 0.05) is 35.3 Å². The van der Waals surface area contributed by atoms with Gasteiger partial charge < -0.3 is 9.80 Å². The molecule has 202 valence electrons. The van der Waals surface area contributed by atoms with Crippen molar-refractivity contribution in [2.45, 2.75) is 12.8 Å². The fraction of sp³-hybridized carbons (Fsp3) is 0.111. The number of unbranched alkanes of at least 4 members (excludes halogenated alkanes) is 1. The van der Waals surface area contributed by atoms with Crippen LogP contribution < -0.4 is 9.80 Å². The van der Waals surface area contributed by atoms with Gasteiger partial charge in [-0.25, -0.2) is 9.98 Å². The summed E-state index contributed by atoms with van der Waals surface area (Å²) >= 11 is 0. The Morgan fingerprint density at radius 3 is 1.43 bits per heavy atom. The zero-order valence-corrected chi connectivity index (χ0v) is 22.8. The monoisotopic (exact) mass is 546 g/mol. The van der Waals surface area contributed by atoms with Gasteiger partial charge in [-0.3, -0.25) is 9.59 Å². The molecule has 0 bridgehead atoms. The summed E-state index contributed by atoms with van der Waals surface area (Å²) in [5, 5.41) is 0. The normalized spacial score (nSPS) is 15.6. The number of anilines is 2. The van der Waals surface area contributed by atoms with Crippen LogP contribution in [0.15, 0.2) is 107 Å². The van der Waals surface area contributed by atoms with Gasteiger partial charge in [-0.1, -0.05) is 60.4 Å². The number of hydrogen-bond acceptors (Lipinski definition) is 4. The van der Waals surface area contributed by atoms with E-state index in [0.29, 0.717) is 59.9 Å².